The third-order valence-electron chi connectivity index (χ3n) is 2.46. The fourth-order valence-electron chi connectivity index (χ4n) is 1.62. The Labute approximate surface area is 102 Å². The van der Waals surface area contributed by atoms with Gasteiger partial charge in [0.1, 0.15) is 18.0 Å². The van der Waals surface area contributed by atoms with Crippen LogP contribution in [0.5, 0.6) is 0 Å². The maximum absolute atomic E-state index is 8.70. The maximum Gasteiger partial charge on any atom is 0.148 e. The fourth-order valence-corrected chi connectivity index (χ4v) is 1.62. The minimum Gasteiger partial charge on any atom is -0.396 e. The largest absolute Gasteiger partial charge is 0.396 e. The number of rotatable bonds is 8. The van der Waals surface area contributed by atoms with E-state index in [1.54, 1.807) is 0 Å². The molecule has 6 nitrogen and oxygen atoms in total. The van der Waals surface area contributed by atoms with Gasteiger partial charge in [-0.2, -0.15) is 0 Å². The summed E-state index contributed by atoms with van der Waals surface area (Å²) in [4.78, 5) is 8.32. The van der Waals surface area contributed by atoms with Crippen LogP contribution in [0.3, 0.4) is 0 Å². The molecule has 0 spiro atoms. The van der Waals surface area contributed by atoms with Crippen molar-refractivity contribution in [1.82, 2.24) is 9.97 Å². The zero-order valence-electron chi connectivity index (χ0n) is 10.2. The lowest BCUT2D eigenvalue weighted by molar-refractivity contribution is 0.286. The molecule has 1 heterocycles. The van der Waals surface area contributed by atoms with Crippen LogP contribution in [-0.4, -0.2) is 28.2 Å². The molecule has 0 saturated carbocycles. The van der Waals surface area contributed by atoms with E-state index >= 15 is 0 Å². The topological polar surface area (TPSA) is 96.1 Å². The molecule has 5 N–H and O–H groups in total. The first-order valence-electron chi connectivity index (χ1n) is 5.98. The van der Waals surface area contributed by atoms with Gasteiger partial charge >= 0.3 is 0 Å². The average Bonchev–Trinajstić information content (AvgIpc) is 2.36. The van der Waals surface area contributed by atoms with Crippen molar-refractivity contribution >= 4 is 11.6 Å². The Kier molecular flexibility index (Phi) is 6.27. The molecule has 0 aliphatic heterocycles. The van der Waals surface area contributed by atoms with Crippen molar-refractivity contribution in [2.75, 3.05) is 23.9 Å². The molecule has 0 aromatic carbocycles. The first kappa shape index (κ1) is 13.7. The van der Waals surface area contributed by atoms with Crippen molar-refractivity contribution in [3.8, 4) is 0 Å². The molecule has 0 unspecified atom stereocenters. The summed E-state index contributed by atoms with van der Waals surface area (Å²) in [6, 6.07) is 0. The number of hydrogen-bond donors (Lipinski definition) is 4. The Morgan fingerprint density at radius 1 is 1.29 bits per heavy atom. The van der Waals surface area contributed by atoms with Gasteiger partial charge in [-0.05, 0) is 19.3 Å². The Hall–Kier alpha value is -1.40. The van der Waals surface area contributed by atoms with E-state index in [1.807, 2.05) is 0 Å². The van der Waals surface area contributed by atoms with Crippen molar-refractivity contribution in [2.45, 2.75) is 32.6 Å². The summed E-state index contributed by atoms with van der Waals surface area (Å²) in [7, 11) is 0. The van der Waals surface area contributed by atoms with E-state index in [-0.39, 0.29) is 6.61 Å². The molecule has 1 aromatic heterocycles. The van der Waals surface area contributed by atoms with E-state index in [1.165, 1.54) is 6.33 Å². The lowest BCUT2D eigenvalue weighted by Crippen LogP contribution is -2.14. The zero-order valence-corrected chi connectivity index (χ0v) is 10.2. The second-order valence-corrected chi connectivity index (χ2v) is 3.80. The predicted molar refractivity (Wildman–Crippen MR) is 68.6 cm³/mol. The molecule has 0 aliphatic rings. The van der Waals surface area contributed by atoms with Crippen LogP contribution in [0.15, 0.2) is 6.33 Å². The molecule has 1 rings (SSSR count). The summed E-state index contributed by atoms with van der Waals surface area (Å²) < 4.78 is 0. The molecule has 17 heavy (non-hydrogen) atoms. The Morgan fingerprint density at radius 2 is 2.06 bits per heavy atom. The number of nitrogens with zero attached hydrogens (tertiary/aromatic N) is 2. The lowest BCUT2D eigenvalue weighted by Gasteiger charge is -2.13. The highest BCUT2D eigenvalue weighted by atomic mass is 16.2. The number of hydrogen-bond acceptors (Lipinski definition) is 6. The highest BCUT2D eigenvalue weighted by molar-refractivity contribution is 5.56. The number of aliphatic hydroxyl groups excluding tert-OH is 1. The van der Waals surface area contributed by atoms with E-state index in [2.05, 4.69) is 27.6 Å². The van der Waals surface area contributed by atoms with Crippen LogP contribution in [0.2, 0.25) is 0 Å². The van der Waals surface area contributed by atoms with Crippen molar-refractivity contribution < 1.29 is 5.11 Å². The average molecular weight is 239 g/mol. The Morgan fingerprint density at radius 3 is 2.71 bits per heavy atom. The molecule has 1 aromatic rings. The van der Waals surface area contributed by atoms with Gasteiger partial charge in [0.15, 0.2) is 0 Å². The number of nitrogens with two attached hydrogens (primary N) is 1. The summed E-state index contributed by atoms with van der Waals surface area (Å²) in [5.74, 6) is 6.92. The summed E-state index contributed by atoms with van der Waals surface area (Å²) in [6.45, 7) is 3.12. The number of nitrogen functional groups attached to an aromatic ring is 1. The van der Waals surface area contributed by atoms with E-state index in [9.17, 15) is 0 Å². The molecule has 0 amide bonds. The molecule has 0 atom stereocenters. The van der Waals surface area contributed by atoms with Gasteiger partial charge in [0.05, 0.1) is 0 Å². The first-order valence-corrected chi connectivity index (χ1v) is 5.98. The van der Waals surface area contributed by atoms with E-state index in [4.69, 9.17) is 10.9 Å². The number of hydrazine groups is 1. The third kappa shape index (κ3) is 4.16. The third-order valence-corrected chi connectivity index (χ3v) is 2.46. The second-order valence-electron chi connectivity index (χ2n) is 3.80. The molecule has 96 valence electrons. The number of aromatic nitrogens is 2. The second kappa shape index (κ2) is 7.81. The van der Waals surface area contributed by atoms with Gasteiger partial charge in [-0.25, -0.2) is 15.8 Å². The highest BCUT2D eigenvalue weighted by Gasteiger charge is 2.09. The molecule has 6 heteroatoms. The smallest absolute Gasteiger partial charge is 0.148 e. The maximum atomic E-state index is 8.70. The van der Waals surface area contributed by atoms with Crippen LogP contribution in [0.1, 0.15) is 31.7 Å². The van der Waals surface area contributed by atoms with Gasteiger partial charge in [0.25, 0.3) is 0 Å². The van der Waals surface area contributed by atoms with Crippen molar-refractivity contribution in [3.05, 3.63) is 11.9 Å². The fraction of sp³-hybridized carbons (Fsp3) is 0.636. The minimum absolute atomic E-state index is 0.225. The summed E-state index contributed by atoms with van der Waals surface area (Å²) in [5, 5.41) is 12.0. The van der Waals surface area contributed by atoms with Crippen LogP contribution in [0, 0.1) is 0 Å². The molecule has 0 radical (unpaired) electrons. The summed E-state index contributed by atoms with van der Waals surface area (Å²) in [6.07, 6.45) is 5.08. The molecule has 0 saturated heterocycles. The first-order chi connectivity index (χ1) is 8.33. The van der Waals surface area contributed by atoms with Crippen LogP contribution in [-0.2, 0) is 6.42 Å². The highest BCUT2D eigenvalue weighted by Crippen LogP contribution is 2.20. The summed E-state index contributed by atoms with van der Waals surface area (Å²) >= 11 is 0. The van der Waals surface area contributed by atoms with Crippen LogP contribution in [0.25, 0.3) is 0 Å². The SMILES string of the molecule is CCCc1c(NN)ncnc1NCCCCO. The van der Waals surface area contributed by atoms with Gasteiger partial charge in [-0.1, -0.05) is 13.3 Å². The molecular weight excluding hydrogens is 218 g/mol. The molecule has 0 fully saturated rings. The number of aliphatic hydroxyl groups is 1. The van der Waals surface area contributed by atoms with Crippen LogP contribution < -0.4 is 16.6 Å². The van der Waals surface area contributed by atoms with Gasteiger partial charge in [0, 0.05) is 18.7 Å². The molecule has 0 aliphatic carbocycles. The lowest BCUT2D eigenvalue weighted by atomic mass is 10.1. The van der Waals surface area contributed by atoms with E-state index in [0.717, 1.165) is 43.6 Å². The van der Waals surface area contributed by atoms with E-state index < -0.39 is 0 Å². The van der Waals surface area contributed by atoms with Crippen molar-refractivity contribution in [3.63, 3.8) is 0 Å². The van der Waals surface area contributed by atoms with Crippen molar-refractivity contribution in [1.29, 1.82) is 0 Å². The van der Waals surface area contributed by atoms with Crippen LogP contribution >= 0.6 is 0 Å². The predicted octanol–water partition coefficient (Wildman–Crippen LogP) is 0.899. The Bertz CT molecular complexity index is 332. The van der Waals surface area contributed by atoms with Gasteiger partial charge in [-0.15, -0.1) is 0 Å². The zero-order chi connectivity index (χ0) is 12.5. The van der Waals surface area contributed by atoms with Gasteiger partial charge < -0.3 is 15.8 Å². The summed E-state index contributed by atoms with van der Waals surface area (Å²) in [5.41, 5.74) is 3.61. The number of nitrogens with one attached hydrogen (secondary N) is 2. The molecule has 0 bridgehead atoms. The normalized spacial score (nSPS) is 10.3. The van der Waals surface area contributed by atoms with Crippen LogP contribution in [0.4, 0.5) is 11.6 Å². The van der Waals surface area contributed by atoms with Crippen molar-refractivity contribution in [2.24, 2.45) is 5.84 Å². The van der Waals surface area contributed by atoms with Gasteiger partial charge in [0.2, 0.25) is 0 Å². The standard InChI is InChI=1S/C11H21N5O/c1-2-5-9-10(13-6-3-4-7-17)14-8-15-11(9)16-12/h8,17H,2-7,12H2,1H3,(H2,13,14,15,16). The number of unbranched alkanes of at least 4 members (excludes halogenated alkanes) is 1. The quantitative estimate of drug-likeness (QED) is 0.306. The molecular formula is C11H21N5O. The monoisotopic (exact) mass is 239 g/mol. The van der Waals surface area contributed by atoms with E-state index in [0.29, 0.717) is 5.82 Å². The Balaban J connectivity index is 2.68. The number of anilines is 2. The minimum atomic E-state index is 0.225. The van der Waals surface area contributed by atoms with Gasteiger partial charge in [-0.3, -0.25) is 0 Å².